The zero-order valence-corrected chi connectivity index (χ0v) is 18.9. The third kappa shape index (κ3) is 5.52. The van der Waals surface area contributed by atoms with Crippen molar-refractivity contribution in [3.63, 3.8) is 0 Å². The zero-order chi connectivity index (χ0) is 23.0. The van der Waals surface area contributed by atoms with Gasteiger partial charge in [-0.15, -0.1) is 0 Å². The van der Waals surface area contributed by atoms with Crippen LogP contribution in [0.5, 0.6) is 11.5 Å². The van der Waals surface area contributed by atoms with E-state index < -0.39 is 12.0 Å². The molecule has 0 amide bonds. The first-order valence-electron chi connectivity index (χ1n) is 11.5. The Balaban J connectivity index is 1.69. The number of piperidine rings is 1. The maximum Gasteiger partial charge on any atom is 0.320 e. The Hall–Kier alpha value is -3.38. The lowest BCUT2D eigenvalue weighted by Crippen LogP contribution is -2.46. The molecule has 0 bridgehead atoms. The van der Waals surface area contributed by atoms with E-state index in [1.165, 1.54) is 0 Å². The van der Waals surface area contributed by atoms with Crippen molar-refractivity contribution in [3.8, 4) is 11.5 Å². The Morgan fingerprint density at radius 2 is 1.91 bits per heavy atom. The third-order valence-electron chi connectivity index (χ3n) is 5.98. The summed E-state index contributed by atoms with van der Waals surface area (Å²) < 4.78 is 12.0. The molecule has 2 heterocycles. The van der Waals surface area contributed by atoms with Crippen LogP contribution < -0.4 is 9.47 Å². The molecule has 1 aromatic heterocycles. The predicted octanol–water partition coefficient (Wildman–Crippen LogP) is 5.09. The molecule has 1 aliphatic rings. The number of nitrogens with zero attached hydrogens (tertiary/aromatic N) is 2. The van der Waals surface area contributed by atoms with E-state index in [0.29, 0.717) is 37.7 Å². The summed E-state index contributed by atoms with van der Waals surface area (Å²) in [7, 11) is 0. The van der Waals surface area contributed by atoms with Crippen LogP contribution in [0.4, 0.5) is 0 Å². The van der Waals surface area contributed by atoms with Gasteiger partial charge in [0.2, 0.25) is 0 Å². The van der Waals surface area contributed by atoms with E-state index in [1.807, 2.05) is 73.8 Å². The number of carboxylic acid groups (broad SMARTS) is 1. The van der Waals surface area contributed by atoms with Crippen LogP contribution in [-0.4, -0.2) is 40.2 Å². The fourth-order valence-electron chi connectivity index (χ4n) is 4.46. The zero-order valence-electron chi connectivity index (χ0n) is 18.9. The molecule has 2 unspecified atom stereocenters. The number of carboxylic acids is 1. The molecule has 1 aliphatic heterocycles. The van der Waals surface area contributed by atoms with Gasteiger partial charge in [0.15, 0.2) is 11.5 Å². The lowest BCUT2D eigenvalue weighted by molar-refractivity contribution is -0.145. The monoisotopic (exact) mass is 446 g/mol. The van der Waals surface area contributed by atoms with E-state index >= 15 is 0 Å². The van der Waals surface area contributed by atoms with Gasteiger partial charge in [-0.1, -0.05) is 48.9 Å². The van der Waals surface area contributed by atoms with Crippen LogP contribution >= 0.6 is 0 Å². The molecule has 0 radical (unpaired) electrons. The van der Waals surface area contributed by atoms with Crippen LogP contribution in [0.1, 0.15) is 48.9 Å². The first-order chi connectivity index (χ1) is 16.2. The molecular formula is C27H30N2O4. The van der Waals surface area contributed by atoms with Gasteiger partial charge in [0, 0.05) is 12.4 Å². The number of aromatic nitrogens is 1. The number of ether oxygens (including phenoxy) is 2. The summed E-state index contributed by atoms with van der Waals surface area (Å²) in [4.78, 5) is 18.5. The number of carbonyl (C=O) groups is 1. The van der Waals surface area contributed by atoms with Crippen LogP contribution in [0.15, 0.2) is 73.1 Å². The molecular weight excluding hydrogens is 416 g/mol. The summed E-state index contributed by atoms with van der Waals surface area (Å²) in [6.45, 7) is 3.60. The smallest absolute Gasteiger partial charge is 0.320 e. The van der Waals surface area contributed by atoms with Crippen molar-refractivity contribution in [1.82, 2.24) is 9.88 Å². The number of hydrogen-bond donors (Lipinski definition) is 1. The molecule has 33 heavy (non-hydrogen) atoms. The highest BCUT2D eigenvalue weighted by Gasteiger charge is 2.35. The lowest BCUT2D eigenvalue weighted by Gasteiger charge is -2.39. The van der Waals surface area contributed by atoms with Crippen molar-refractivity contribution in [2.24, 2.45) is 0 Å². The maximum absolute atomic E-state index is 12.1. The largest absolute Gasteiger partial charge is 0.490 e. The second kappa shape index (κ2) is 11.0. The summed E-state index contributed by atoms with van der Waals surface area (Å²) in [6.07, 6.45) is 6.08. The van der Waals surface area contributed by atoms with Gasteiger partial charge in [-0.3, -0.25) is 14.7 Å². The summed E-state index contributed by atoms with van der Waals surface area (Å²) in [6, 6.07) is 19.0. The molecule has 0 saturated carbocycles. The van der Waals surface area contributed by atoms with E-state index in [4.69, 9.17) is 9.47 Å². The molecule has 172 valence electrons. The SMILES string of the molecule is CCOc1cc(C(c2cccnc2)N2CCCCC2C(=O)O)ccc1OCc1ccccc1. The number of rotatable bonds is 9. The second-order valence-corrected chi connectivity index (χ2v) is 8.19. The Morgan fingerprint density at radius 3 is 2.64 bits per heavy atom. The first-order valence-corrected chi connectivity index (χ1v) is 11.5. The summed E-state index contributed by atoms with van der Waals surface area (Å²) in [5.74, 6) is 0.544. The normalized spacial score (nSPS) is 17.3. The fraction of sp³-hybridized carbons (Fsp3) is 0.333. The van der Waals surface area contributed by atoms with Crippen LogP contribution in [0.2, 0.25) is 0 Å². The van der Waals surface area contributed by atoms with Crippen LogP contribution in [0.25, 0.3) is 0 Å². The molecule has 2 atom stereocenters. The highest BCUT2D eigenvalue weighted by atomic mass is 16.5. The van der Waals surface area contributed by atoms with Crippen LogP contribution in [-0.2, 0) is 11.4 Å². The summed E-state index contributed by atoms with van der Waals surface area (Å²) in [5.41, 5.74) is 3.01. The minimum atomic E-state index is -0.781. The Bertz CT molecular complexity index is 1040. The second-order valence-electron chi connectivity index (χ2n) is 8.19. The Kier molecular flexibility index (Phi) is 7.58. The van der Waals surface area contributed by atoms with Crippen molar-refractivity contribution in [1.29, 1.82) is 0 Å². The summed E-state index contributed by atoms with van der Waals surface area (Å²) in [5, 5.41) is 9.91. The maximum atomic E-state index is 12.1. The van der Waals surface area contributed by atoms with Gasteiger partial charge in [0.05, 0.1) is 12.6 Å². The highest BCUT2D eigenvalue weighted by molar-refractivity contribution is 5.73. The predicted molar refractivity (Wildman–Crippen MR) is 126 cm³/mol. The summed E-state index contributed by atoms with van der Waals surface area (Å²) >= 11 is 0. The van der Waals surface area contributed by atoms with Crippen molar-refractivity contribution in [3.05, 3.63) is 89.7 Å². The fourth-order valence-corrected chi connectivity index (χ4v) is 4.46. The van der Waals surface area contributed by atoms with Crippen molar-refractivity contribution >= 4 is 5.97 Å². The Morgan fingerprint density at radius 1 is 1.06 bits per heavy atom. The van der Waals surface area contributed by atoms with Crippen LogP contribution in [0.3, 0.4) is 0 Å². The third-order valence-corrected chi connectivity index (χ3v) is 5.98. The van der Waals surface area contributed by atoms with Gasteiger partial charge in [0.25, 0.3) is 0 Å². The van der Waals surface area contributed by atoms with E-state index in [9.17, 15) is 9.90 Å². The average molecular weight is 447 g/mol. The van der Waals surface area contributed by atoms with Gasteiger partial charge in [-0.05, 0) is 61.2 Å². The molecule has 3 aromatic rings. The quantitative estimate of drug-likeness (QED) is 0.494. The van der Waals surface area contributed by atoms with E-state index in [1.54, 1.807) is 6.20 Å². The van der Waals surface area contributed by atoms with E-state index in [-0.39, 0.29) is 6.04 Å². The molecule has 0 aliphatic carbocycles. The topological polar surface area (TPSA) is 71.9 Å². The van der Waals surface area contributed by atoms with Gasteiger partial charge < -0.3 is 14.6 Å². The highest BCUT2D eigenvalue weighted by Crippen LogP contribution is 2.38. The lowest BCUT2D eigenvalue weighted by atomic mass is 9.92. The van der Waals surface area contributed by atoms with Crippen molar-refractivity contribution in [2.75, 3.05) is 13.2 Å². The number of hydrogen-bond acceptors (Lipinski definition) is 5. The van der Waals surface area contributed by atoms with Crippen molar-refractivity contribution < 1.29 is 19.4 Å². The molecule has 1 saturated heterocycles. The number of likely N-dealkylation sites (tertiary alicyclic amines) is 1. The average Bonchev–Trinajstić information content (AvgIpc) is 2.85. The molecule has 2 aromatic carbocycles. The standard InChI is InChI=1S/C27H30N2O4/c1-2-32-25-17-21(13-14-24(25)33-19-20-9-4-3-5-10-20)26(22-11-8-15-28-18-22)29-16-7-6-12-23(29)27(30)31/h3-5,8-11,13-15,17-18,23,26H,2,6-7,12,16,19H2,1H3,(H,30,31). The molecule has 0 spiro atoms. The van der Waals surface area contributed by atoms with Gasteiger partial charge in [0.1, 0.15) is 12.6 Å². The molecule has 6 nitrogen and oxygen atoms in total. The molecule has 1 N–H and O–H groups in total. The molecule has 4 rings (SSSR count). The van der Waals surface area contributed by atoms with Crippen molar-refractivity contribution in [2.45, 2.75) is 44.9 Å². The molecule has 1 fully saturated rings. The van der Waals surface area contributed by atoms with Gasteiger partial charge in [-0.25, -0.2) is 0 Å². The number of aliphatic carboxylic acids is 1. The minimum Gasteiger partial charge on any atom is -0.490 e. The number of pyridine rings is 1. The Labute approximate surface area is 194 Å². The van der Waals surface area contributed by atoms with Gasteiger partial charge >= 0.3 is 5.97 Å². The van der Waals surface area contributed by atoms with E-state index in [0.717, 1.165) is 29.5 Å². The first kappa shape index (κ1) is 22.8. The minimum absolute atomic E-state index is 0.234. The van der Waals surface area contributed by atoms with Crippen LogP contribution in [0, 0.1) is 0 Å². The van der Waals surface area contributed by atoms with Gasteiger partial charge in [-0.2, -0.15) is 0 Å². The van der Waals surface area contributed by atoms with E-state index in [2.05, 4.69) is 9.88 Å². The number of benzene rings is 2. The molecule has 6 heteroatoms.